The number of rotatable bonds is 6. The molecule has 0 unspecified atom stereocenters. The Morgan fingerprint density at radius 2 is 1.93 bits per heavy atom. The van der Waals surface area contributed by atoms with Gasteiger partial charge in [0.2, 0.25) is 6.79 Å². The Morgan fingerprint density at radius 1 is 1.18 bits per heavy atom. The van der Waals surface area contributed by atoms with E-state index in [1.54, 1.807) is 17.0 Å². The topological polar surface area (TPSA) is 88.5 Å². The number of morpholine rings is 1. The zero-order chi connectivity index (χ0) is 19.7. The van der Waals surface area contributed by atoms with E-state index >= 15 is 0 Å². The Balaban J connectivity index is 1.55. The maximum Gasteiger partial charge on any atom is 0.290 e. The lowest BCUT2D eigenvalue weighted by atomic mass is 9.96. The van der Waals surface area contributed by atoms with Crippen LogP contribution >= 0.6 is 0 Å². The molecule has 1 fully saturated rings. The first-order valence-electron chi connectivity index (χ1n) is 9.51. The summed E-state index contributed by atoms with van der Waals surface area (Å²) in [6.07, 6.45) is 0.741. The van der Waals surface area contributed by atoms with Gasteiger partial charge in [-0.05, 0) is 31.0 Å². The van der Waals surface area contributed by atoms with Crippen molar-refractivity contribution in [3.63, 3.8) is 0 Å². The summed E-state index contributed by atoms with van der Waals surface area (Å²) in [6, 6.07) is 4.73. The number of aliphatic hydroxyl groups excluding tert-OH is 1. The minimum absolute atomic E-state index is 0.134. The van der Waals surface area contributed by atoms with E-state index in [0.717, 1.165) is 44.8 Å². The zero-order valence-corrected chi connectivity index (χ0v) is 15.8. The van der Waals surface area contributed by atoms with Crippen molar-refractivity contribution in [1.82, 2.24) is 9.80 Å². The number of benzene rings is 1. The van der Waals surface area contributed by atoms with Crippen molar-refractivity contribution < 1.29 is 28.9 Å². The van der Waals surface area contributed by atoms with Gasteiger partial charge in [0.1, 0.15) is 0 Å². The summed E-state index contributed by atoms with van der Waals surface area (Å²) < 4.78 is 16.1. The molecule has 1 amide bonds. The summed E-state index contributed by atoms with van der Waals surface area (Å²) >= 11 is 0. The molecule has 28 heavy (non-hydrogen) atoms. The van der Waals surface area contributed by atoms with E-state index in [9.17, 15) is 14.7 Å². The van der Waals surface area contributed by atoms with Gasteiger partial charge in [-0.1, -0.05) is 6.07 Å². The third kappa shape index (κ3) is 3.45. The van der Waals surface area contributed by atoms with Crippen LogP contribution < -0.4 is 9.47 Å². The lowest BCUT2D eigenvalue weighted by Crippen LogP contribution is -2.39. The Kier molecular flexibility index (Phi) is 5.23. The summed E-state index contributed by atoms with van der Waals surface area (Å²) in [7, 11) is 0. The number of ketones is 1. The highest BCUT2D eigenvalue weighted by Crippen LogP contribution is 2.41. The van der Waals surface area contributed by atoms with Gasteiger partial charge in [0, 0.05) is 26.2 Å². The van der Waals surface area contributed by atoms with Gasteiger partial charge in [0.25, 0.3) is 5.91 Å². The van der Waals surface area contributed by atoms with Crippen molar-refractivity contribution >= 4 is 11.7 Å². The highest BCUT2D eigenvalue weighted by atomic mass is 16.7. The summed E-state index contributed by atoms with van der Waals surface area (Å²) in [6.45, 7) is 5.98. The minimum Gasteiger partial charge on any atom is -0.503 e. The molecule has 4 rings (SSSR count). The van der Waals surface area contributed by atoms with Gasteiger partial charge in [-0.2, -0.15) is 0 Å². The lowest BCUT2D eigenvalue weighted by molar-refractivity contribution is -0.129. The fourth-order valence-corrected chi connectivity index (χ4v) is 3.96. The molecule has 0 radical (unpaired) electrons. The van der Waals surface area contributed by atoms with Crippen LogP contribution in [0, 0.1) is 0 Å². The van der Waals surface area contributed by atoms with Crippen LogP contribution in [0.4, 0.5) is 0 Å². The molecule has 1 atom stereocenters. The van der Waals surface area contributed by atoms with E-state index < -0.39 is 17.7 Å². The number of carbonyl (C=O) groups is 2. The first kappa shape index (κ1) is 18.8. The zero-order valence-electron chi connectivity index (χ0n) is 15.8. The molecular formula is C20H24N2O6. The normalized spacial score (nSPS) is 22.2. The number of aliphatic hydroxyl groups is 1. The van der Waals surface area contributed by atoms with Crippen LogP contribution in [-0.2, 0) is 14.3 Å². The van der Waals surface area contributed by atoms with Gasteiger partial charge < -0.3 is 24.2 Å². The van der Waals surface area contributed by atoms with Crippen LogP contribution in [0.5, 0.6) is 11.5 Å². The molecule has 0 aliphatic carbocycles. The van der Waals surface area contributed by atoms with Crippen molar-refractivity contribution in [2.45, 2.75) is 19.4 Å². The molecule has 3 aliphatic heterocycles. The fourth-order valence-electron chi connectivity index (χ4n) is 3.96. The fraction of sp³-hybridized carbons (Fsp3) is 0.500. The molecule has 0 aromatic heterocycles. The molecule has 1 saturated heterocycles. The average molecular weight is 388 g/mol. The molecule has 1 aromatic carbocycles. The smallest absolute Gasteiger partial charge is 0.290 e. The molecule has 150 valence electrons. The van der Waals surface area contributed by atoms with Crippen molar-refractivity contribution in [2.75, 3.05) is 46.2 Å². The van der Waals surface area contributed by atoms with Crippen LogP contribution in [0.3, 0.4) is 0 Å². The maximum atomic E-state index is 12.7. The Labute approximate surface area is 163 Å². The monoisotopic (exact) mass is 388 g/mol. The van der Waals surface area contributed by atoms with Crippen LogP contribution in [-0.4, -0.2) is 72.8 Å². The van der Waals surface area contributed by atoms with Crippen molar-refractivity contribution in [3.8, 4) is 11.5 Å². The van der Waals surface area contributed by atoms with Crippen LogP contribution in [0.1, 0.15) is 24.9 Å². The number of fused-ring (bicyclic) bond motifs is 1. The quantitative estimate of drug-likeness (QED) is 0.788. The number of amides is 1. The second-order valence-electron chi connectivity index (χ2n) is 7.14. The Morgan fingerprint density at radius 3 is 2.68 bits per heavy atom. The maximum absolute atomic E-state index is 12.7. The number of Topliss-reactive ketones (excluding diaryl/α,β-unsaturated/α-hetero) is 1. The van der Waals surface area contributed by atoms with Gasteiger partial charge in [-0.25, -0.2) is 0 Å². The molecule has 1 aromatic rings. The van der Waals surface area contributed by atoms with Gasteiger partial charge in [-0.15, -0.1) is 0 Å². The van der Waals surface area contributed by atoms with E-state index in [1.807, 2.05) is 6.07 Å². The minimum atomic E-state index is -0.621. The van der Waals surface area contributed by atoms with E-state index in [-0.39, 0.29) is 18.1 Å². The number of nitrogens with zero attached hydrogens (tertiary/aromatic N) is 2. The second kappa shape index (κ2) is 7.81. The molecule has 8 heteroatoms. The molecule has 3 heterocycles. The molecule has 3 aliphatic rings. The van der Waals surface area contributed by atoms with Gasteiger partial charge in [0.15, 0.2) is 23.0 Å². The van der Waals surface area contributed by atoms with Crippen LogP contribution in [0.2, 0.25) is 0 Å². The van der Waals surface area contributed by atoms with Crippen molar-refractivity contribution in [1.29, 1.82) is 0 Å². The first-order valence-corrected chi connectivity index (χ1v) is 9.51. The van der Waals surface area contributed by atoms with Crippen molar-refractivity contribution in [3.05, 3.63) is 35.1 Å². The predicted molar refractivity (Wildman–Crippen MR) is 99.2 cm³/mol. The number of hydrogen-bond donors (Lipinski definition) is 1. The first-order chi connectivity index (χ1) is 13.6. The summed E-state index contributed by atoms with van der Waals surface area (Å²) in [5, 5.41) is 10.4. The van der Waals surface area contributed by atoms with Crippen LogP contribution in [0.25, 0.3) is 0 Å². The standard InChI is InChI=1S/C20H24N2O6/c1-13(23)17-18(14-3-4-15-16(11-14)28-12-27-15)22(20(25)19(17)24)6-2-5-21-7-9-26-10-8-21/h3-4,11,18,24H,2,5-10,12H2,1H3/t18-/m1/s1. The number of hydrogen-bond acceptors (Lipinski definition) is 7. The van der Waals surface area contributed by atoms with Crippen LogP contribution in [0.15, 0.2) is 29.5 Å². The highest BCUT2D eigenvalue weighted by molar-refractivity contribution is 6.08. The Hall–Kier alpha value is -2.58. The third-order valence-electron chi connectivity index (χ3n) is 5.37. The number of ether oxygens (including phenoxy) is 3. The Bertz CT molecular complexity index is 815. The second-order valence-corrected chi connectivity index (χ2v) is 7.14. The summed E-state index contributed by atoms with van der Waals surface area (Å²) in [5.74, 6) is -0.0717. The third-order valence-corrected chi connectivity index (χ3v) is 5.37. The van der Waals surface area contributed by atoms with E-state index in [0.29, 0.717) is 18.0 Å². The predicted octanol–water partition coefficient (Wildman–Crippen LogP) is 1.42. The average Bonchev–Trinajstić information content (AvgIpc) is 3.26. The molecule has 8 nitrogen and oxygen atoms in total. The lowest BCUT2D eigenvalue weighted by Gasteiger charge is -2.30. The summed E-state index contributed by atoms with van der Waals surface area (Å²) in [5.41, 5.74) is 0.855. The van der Waals surface area contributed by atoms with Gasteiger partial charge in [-0.3, -0.25) is 14.5 Å². The van der Waals surface area contributed by atoms with E-state index in [1.165, 1.54) is 6.92 Å². The van der Waals surface area contributed by atoms with Gasteiger partial charge >= 0.3 is 0 Å². The SMILES string of the molecule is CC(=O)C1=C(O)C(=O)N(CCCN2CCOCC2)[C@@H]1c1ccc2c(c1)OCO2. The molecular weight excluding hydrogens is 364 g/mol. The molecule has 0 bridgehead atoms. The van der Waals surface area contributed by atoms with E-state index in [4.69, 9.17) is 14.2 Å². The highest BCUT2D eigenvalue weighted by Gasteiger charge is 2.42. The number of carbonyl (C=O) groups excluding carboxylic acids is 2. The largest absolute Gasteiger partial charge is 0.503 e. The van der Waals surface area contributed by atoms with Crippen molar-refractivity contribution in [2.24, 2.45) is 0 Å². The van der Waals surface area contributed by atoms with E-state index in [2.05, 4.69) is 4.90 Å². The van der Waals surface area contributed by atoms with Gasteiger partial charge in [0.05, 0.1) is 24.8 Å². The summed E-state index contributed by atoms with van der Waals surface area (Å²) in [4.78, 5) is 28.8. The molecule has 0 spiro atoms. The molecule has 0 saturated carbocycles. The molecule has 1 N–H and O–H groups in total.